The lowest BCUT2D eigenvalue weighted by molar-refractivity contribution is -0.174. The third kappa shape index (κ3) is 3.69. The molecule has 2 aromatic rings. The van der Waals surface area contributed by atoms with Gasteiger partial charge < -0.3 is 24.3 Å². The highest BCUT2D eigenvalue weighted by atomic mass is 16.5. The molecule has 3 heterocycles. The van der Waals surface area contributed by atoms with Crippen LogP contribution in [0.1, 0.15) is 37.9 Å². The molecule has 1 aromatic heterocycles. The van der Waals surface area contributed by atoms with Crippen LogP contribution in [-0.4, -0.2) is 52.6 Å². The van der Waals surface area contributed by atoms with Crippen molar-refractivity contribution in [2.75, 3.05) is 25.5 Å². The third-order valence-corrected chi connectivity index (χ3v) is 6.82. The van der Waals surface area contributed by atoms with E-state index in [2.05, 4.69) is 10.3 Å². The first-order valence-electron chi connectivity index (χ1n) is 11.0. The van der Waals surface area contributed by atoms with Gasteiger partial charge in [0.1, 0.15) is 17.2 Å². The molecule has 31 heavy (non-hydrogen) atoms. The van der Waals surface area contributed by atoms with Crippen LogP contribution in [0.15, 0.2) is 36.7 Å². The Kier molecular flexibility index (Phi) is 5.17. The van der Waals surface area contributed by atoms with Gasteiger partial charge in [0.25, 0.3) is 5.91 Å². The summed E-state index contributed by atoms with van der Waals surface area (Å²) in [5.74, 6) is 1.81. The zero-order valence-corrected chi connectivity index (χ0v) is 17.8. The van der Waals surface area contributed by atoms with Crippen molar-refractivity contribution in [2.45, 2.75) is 50.4 Å². The predicted molar refractivity (Wildman–Crippen MR) is 114 cm³/mol. The Labute approximate surface area is 181 Å². The largest absolute Gasteiger partial charge is 0.497 e. The molecular weight excluding hydrogens is 396 g/mol. The Hall–Kier alpha value is -2.87. The molecule has 1 saturated carbocycles. The number of piperidine rings is 1. The van der Waals surface area contributed by atoms with Gasteiger partial charge in [0.2, 0.25) is 5.91 Å². The van der Waals surface area contributed by atoms with E-state index in [-0.39, 0.29) is 17.7 Å². The molecule has 1 N–H and O–H groups in total. The Balaban J connectivity index is 1.31. The van der Waals surface area contributed by atoms with Crippen molar-refractivity contribution in [1.82, 2.24) is 14.5 Å². The summed E-state index contributed by atoms with van der Waals surface area (Å²) >= 11 is 0. The minimum Gasteiger partial charge on any atom is -0.497 e. The number of rotatable bonds is 4. The minimum absolute atomic E-state index is 0.194. The monoisotopic (exact) mass is 424 g/mol. The first-order chi connectivity index (χ1) is 15.1. The second kappa shape index (κ2) is 8.00. The van der Waals surface area contributed by atoms with Gasteiger partial charge >= 0.3 is 0 Å². The van der Waals surface area contributed by atoms with Crippen LogP contribution >= 0.6 is 0 Å². The molecule has 164 valence electrons. The normalized spacial score (nSPS) is 22.5. The van der Waals surface area contributed by atoms with Crippen molar-refractivity contribution in [2.24, 2.45) is 5.92 Å². The number of fused-ring (bicyclic) bond motifs is 2. The van der Waals surface area contributed by atoms with Crippen LogP contribution in [0.2, 0.25) is 0 Å². The molecule has 2 amide bonds. The van der Waals surface area contributed by atoms with Gasteiger partial charge in [-0.1, -0.05) is 12.5 Å². The quantitative estimate of drug-likeness (QED) is 0.815. The molecule has 1 aromatic carbocycles. The maximum absolute atomic E-state index is 13.1. The van der Waals surface area contributed by atoms with Crippen LogP contribution in [-0.2, 0) is 26.5 Å². The highest BCUT2D eigenvalue weighted by molar-refractivity contribution is 5.94. The maximum atomic E-state index is 13.1. The Morgan fingerprint density at radius 2 is 2.06 bits per heavy atom. The molecular formula is C23H28N4O4. The number of ether oxygens (including phenoxy) is 2. The molecule has 0 unspecified atom stereocenters. The van der Waals surface area contributed by atoms with E-state index in [1.165, 1.54) is 0 Å². The van der Waals surface area contributed by atoms with Gasteiger partial charge in [0.15, 0.2) is 6.10 Å². The molecule has 1 saturated heterocycles. The molecule has 0 radical (unpaired) electrons. The predicted octanol–water partition coefficient (Wildman–Crippen LogP) is 2.55. The van der Waals surface area contributed by atoms with Crippen LogP contribution in [0.3, 0.4) is 0 Å². The second-order valence-corrected chi connectivity index (χ2v) is 8.68. The number of anilines is 1. The number of nitrogens with zero attached hydrogens (tertiary/aromatic N) is 3. The van der Waals surface area contributed by atoms with E-state index in [0.717, 1.165) is 25.1 Å². The van der Waals surface area contributed by atoms with Gasteiger partial charge in [0.05, 0.1) is 13.7 Å². The summed E-state index contributed by atoms with van der Waals surface area (Å²) in [6.07, 6.45) is 7.48. The number of hydrogen-bond acceptors (Lipinski definition) is 5. The highest BCUT2D eigenvalue weighted by Crippen LogP contribution is 2.41. The Morgan fingerprint density at radius 3 is 2.77 bits per heavy atom. The molecule has 3 aliphatic rings. The van der Waals surface area contributed by atoms with Gasteiger partial charge in [-0.25, -0.2) is 4.98 Å². The second-order valence-electron chi connectivity index (χ2n) is 8.68. The number of amides is 2. The van der Waals surface area contributed by atoms with Gasteiger partial charge in [-0.05, 0) is 25.0 Å². The van der Waals surface area contributed by atoms with Crippen molar-refractivity contribution in [3.63, 3.8) is 0 Å². The van der Waals surface area contributed by atoms with Crippen LogP contribution in [0.25, 0.3) is 0 Å². The van der Waals surface area contributed by atoms with E-state index in [1.54, 1.807) is 19.4 Å². The fourth-order valence-electron chi connectivity index (χ4n) is 4.80. The van der Waals surface area contributed by atoms with Crippen molar-refractivity contribution >= 4 is 17.5 Å². The van der Waals surface area contributed by atoms with Gasteiger partial charge in [-0.15, -0.1) is 0 Å². The maximum Gasteiger partial charge on any atom is 0.255 e. The molecule has 5 rings (SSSR count). The number of benzene rings is 1. The van der Waals surface area contributed by atoms with Crippen molar-refractivity contribution in [3.05, 3.63) is 42.5 Å². The van der Waals surface area contributed by atoms with E-state index in [9.17, 15) is 9.59 Å². The van der Waals surface area contributed by atoms with E-state index in [4.69, 9.17) is 9.47 Å². The summed E-state index contributed by atoms with van der Waals surface area (Å²) < 4.78 is 13.7. The lowest BCUT2D eigenvalue weighted by Crippen LogP contribution is -2.54. The number of carbonyl (C=O) groups is 2. The fraction of sp³-hybridized carbons (Fsp3) is 0.522. The van der Waals surface area contributed by atoms with Gasteiger partial charge in [-0.3, -0.25) is 9.59 Å². The number of methoxy groups -OCH3 is 1. The zero-order chi connectivity index (χ0) is 21.4. The third-order valence-electron chi connectivity index (χ3n) is 6.82. The number of likely N-dealkylation sites (tertiary alicyclic amines) is 1. The van der Waals surface area contributed by atoms with E-state index < -0.39 is 11.7 Å². The molecule has 2 aliphatic heterocycles. The van der Waals surface area contributed by atoms with Crippen LogP contribution in [0.4, 0.5) is 5.69 Å². The molecule has 2 fully saturated rings. The van der Waals surface area contributed by atoms with Crippen LogP contribution in [0, 0.1) is 5.92 Å². The number of aromatic nitrogens is 2. The van der Waals surface area contributed by atoms with Crippen molar-refractivity contribution in [1.29, 1.82) is 0 Å². The summed E-state index contributed by atoms with van der Waals surface area (Å²) in [6.45, 7) is 1.68. The molecule has 1 aliphatic carbocycles. The minimum atomic E-state index is -0.644. The number of nitrogens with one attached hydrogen (secondary N) is 1. The average molecular weight is 425 g/mol. The van der Waals surface area contributed by atoms with E-state index >= 15 is 0 Å². The lowest BCUT2D eigenvalue weighted by atomic mass is 9.82. The smallest absolute Gasteiger partial charge is 0.255 e. The van der Waals surface area contributed by atoms with E-state index in [0.29, 0.717) is 43.9 Å². The Bertz CT molecular complexity index is 975. The first-order valence-corrected chi connectivity index (χ1v) is 11.0. The lowest BCUT2D eigenvalue weighted by Gasteiger charge is -2.46. The average Bonchev–Trinajstić information content (AvgIpc) is 3.23. The number of hydrogen-bond donors (Lipinski definition) is 1. The standard InChI is InChI=1S/C23H28N4O4/c1-30-18-7-3-6-17(14-18)25-20(28)19-15-27-13-10-24-22(27)23(31-19)8-11-26(12-9-23)21(29)16-4-2-5-16/h3,6-7,10,13-14,16,19H,2,4-5,8-9,11-12,15H2,1H3,(H,25,28)/t19-/m1/s1. The van der Waals surface area contributed by atoms with Gasteiger partial charge in [0, 0.05) is 56.0 Å². The fourth-order valence-corrected chi connectivity index (χ4v) is 4.80. The summed E-state index contributed by atoms with van der Waals surface area (Å²) in [7, 11) is 1.59. The molecule has 8 heteroatoms. The number of imidazole rings is 1. The summed E-state index contributed by atoms with van der Waals surface area (Å²) in [5.41, 5.74) is 0.0217. The topological polar surface area (TPSA) is 85.7 Å². The van der Waals surface area contributed by atoms with Gasteiger partial charge in [-0.2, -0.15) is 0 Å². The molecule has 0 bridgehead atoms. The SMILES string of the molecule is COc1cccc(NC(=O)[C@H]2Cn3ccnc3C3(CCN(C(=O)C4CCC4)CC3)O2)c1. The Morgan fingerprint density at radius 1 is 1.26 bits per heavy atom. The van der Waals surface area contributed by atoms with Crippen LogP contribution < -0.4 is 10.1 Å². The molecule has 1 atom stereocenters. The first kappa shape index (κ1) is 20.1. The zero-order valence-electron chi connectivity index (χ0n) is 17.8. The summed E-state index contributed by atoms with van der Waals surface area (Å²) in [6, 6.07) is 7.27. The van der Waals surface area contributed by atoms with E-state index in [1.807, 2.05) is 33.9 Å². The van der Waals surface area contributed by atoms with Crippen molar-refractivity contribution in [3.8, 4) is 5.75 Å². The summed E-state index contributed by atoms with van der Waals surface area (Å²) in [4.78, 5) is 32.2. The molecule has 1 spiro atoms. The van der Waals surface area contributed by atoms with Crippen molar-refractivity contribution < 1.29 is 19.1 Å². The number of carbonyl (C=O) groups excluding carboxylic acids is 2. The van der Waals surface area contributed by atoms with Crippen LogP contribution in [0.5, 0.6) is 5.75 Å². The highest BCUT2D eigenvalue weighted by Gasteiger charge is 2.48. The summed E-state index contributed by atoms with van der Waals surface area (Å²) in [5, 5.41) is 2.95. The molecule has 8 nitrogen and oxygen atoms in total.